The van der Waals surface area contributed by atoms with Crippen molar-refractivity contribution < 1.29 is 27.2 Å². The van der Waals surface area contributed by atoms with E-state index in [2.05, 4.69) is 30.4 Å². The third-order valence-electron chi connectivity index (χ3n) is 4.53. The zero-order chi connectivity index (χ0) is 23.0. The van der Waals surface area contributed by atoms with Crippen LogP contribution in [-0.2, 0) is 6.18 Å². The van der Waals surface area contributed by atoms with E-state index in [0.29, 0.717) is 11.2 Å². The predicted molar refractivity (Wildman–Crippen MR) is 106 cm³/mol. The van der Waals surface area contributed by atoms with E-state index in [4.69, 9.17) is 20.9 Å². The molecule has 1 atom stereocenters. The normalized spacial score (nSPS) is 12.7. The highest BCUT2D eigenvalue weighted by atomic mass is 35.5. The minimum atomic E-state index is -4.47. The van der Waals surface area contributed by atoms with Crippen molar-refractivity contribution in [3.8, 4) is 17.5 Å². The molecule has 0 saturated carbocycles. The number of carbonyl (C=O) groups is 1. The van der Waals surface area contributed by atoms with Crippen LogP contribution >= 0.6 is 11.6 Å². The Kier molecular flexibility index (Phi) is 5.46. The summed E-state index contributed by atoms with van der Waals surface area (Å²) in [7, 11) is 1.36. The Labute approximate surface area is 183 Å². The van der Waals surface area contributed by atoms with Crippen LogP contribution in [0.3, 0.4) is 0 Å². The fourth-order valence-corrected chi connectivity index (χ4v) is 3.16. The molecule has 13 heteroatoms. The lowest BCUT2D eigenvalue weighted by Gasteiger charge is -2.11. The lowest BCUT2D eigenvalue weighted by molar-refractivity contribution is -0.137. The zero-order valence-corrected chi connectivity index (χ0v) is 17.2. The van der Waals surface area contributed by atoms with Gasteiger partial charge < -0.3 is 19.6 Å². The highest BCUT2D eigenvalue weighted by Crippen LogP contribution is 2.32. The molecule has 4 rings (SSSR count). The molecule has 0 spiro atoms. The second-order valence-corrected chi connectivity index (χ2v) is 7.05. The van der Waals surface area contributed by atoms with Gasteiger partial charge in [0.25, 0.3) is 5.91 Å². The standard InChI is InChI=1S/C19H14ClF3N6O3/c1-8(26-17(30)15-14(20)18(31-2)25-7-24-15)11-6-13(32-29-11)16-27-10-4-3-9(19(21,22)23)5-12(10)28-16/h3-8H,1-2H3,(H,26,30)(H,27,28). The third kappa shape index (κ3) is 4.08. The van der Waals surface area contributed by atoms with E-state index in [0.717, 1.165) is 18.5 Å². The molecule has 9 nitrogen and oxygen atoms in total. The van der Waals surface area contributed by atoms with Crippen molar-refractivity contribution in [3.63, 3.8) is 0 Å². The van der Waals surface area contributed by atoms with Gasteiger partial charge in [0.1, 0.15) is 17.0 Å². The second-order valence-electron chi connectivity index (χ2n) is 6.67. The number of hydrogen-bond donors (Lipinski definition) is 2. The van der Waals surface area contributed by atoms with Crippen molar-refractivity contribution in [3.05, 3.63) is 52.6 Å². The highest BCUT2D eigenvalue weighted by molar-refractivity contribution is 6.34. The number of H-pyrrole nitrogens is 1. The largest absolute Gasteiger partial charge is 0.480 e. The Morgan fingerprint density at radius 3 is 2.78 bits per heavy atom. The van der Waals surface area contributed by atoms with Gasteiger partial charge in [-0.3, -0.25) is 4.79 Å². The van der Waals surface area contributed by atoms with Crippen LogP contribution in [0.1, 0.15) is 34.7 Å². The summed E-state index contributed by atoms with van der Waals surface area (Å²) in [6.45, 7) is 1.65. The molecular weight excluding hydrogens is 453 g/mol. The first kappa shape index (κ1) is 21.6. The third-order valence-corrected chi connectivity index (χ3v) is 4.87. The Hall–Kier alpha value is -3.67. The van der Waals surface area contributed by atoms with Crippen molar-refractivity contribution in [2.45, 2.75) is 19.1 Å². The van der Waals surface area contributed by atoms with Crippen molar-refractivity contribution in [1.29, 1.82) is 0 Å². The molecule has 1 aromatic carbocycles. The van der Waals surface area contributed by atoms with Crippen LogP contribution in [0.5, 0.6) is 5.88 Å². The molecule has 0 aliphatic carbocycles. The lowest BCUT2D eigenvalue weighted by Crippen LogP contribution is -2.28. The first-order chi connectivity index (χ1) is 15.2. The molecule has 166 valence electrons. The molecule has 0 radical (unpaired) electrons. The number of rotatable bonds is 5. The van der Waals surface area contributed by atoms with Gasteiger partial charge in [0.05, 0.1) is 29.7 Å². The maximum atomic E-state index is 12.9. The van der Waals surface area contributed by atoms with Crippen LogP contribution in [0, 0.1) is 0 Å². The minimum absolute atomic E-state index is 0.0407. The number of aromatic amines is 1. The molecule has 0 aliphatic rings. The zero-order valence-electron chi connectivity index (χ0n) is 16.5. The number of nitrogens with zero attached hydrogens (tertiary/aromatic N) is 4. The van der Waals surface area contributed by atoms with Crippen molar-refractivity contribution in [2.24, 2.45) is 0 Å². The number of nitrogens with one attached hydrogen (secondary N) is 2. The monoisotopic (exact) mass is 466 g/mol. The Balaban J connectivity index is 1.54. The number of fused-ring (bicyclic) bond motifs is 1. The predicted octanol–water partition coefficient (Wildman–Crippen LogP) is 4.18. The highest BCUT2D eigenvalue weighted by Gasteiger charge is 2.31. The summed E-state index contributed by atoms with van der Waals surface area (Å²) in [5.74, 6) is -0.147. The summed E-state index contributed by atoms with van der Waals surface area (Å²) in [6.07, 6.45) is -3.33. The lowest BCUT2D eigenvalue weighted by atomic mass is 10.2. The molecule has 2 N–H and O–H groups in total. The summed E-state index contributed by atoms with van der Waals surface area (Å²) in [5, 5.41) is 6.53. The molecule has 0 fully saturated rings. The van der Waals surface area contributed by atoms with Gasteiger partial charge in [-0.25, -0.2) is 15.0 Å². The van der Waals surface area contributed by atoms with Crippen LogP contribution in [0.2, 0.25) is 5.02 Å². The van der Waals surface area contributed by atoms with Gasteiger partial charge in [0.15, 0.2) is 11.5 Å². The number of imidazole rings is 1. The van der Waals surface area contributed by atoms with Crippen molar-refractivity contribution in [2.75, 3.05) is 7.11 Å². The summed E-state index contributed by atoms with van der Waals surface area (Å²) < 4.78 is 49.0. The van der Waals surface area contributed by atoms with E-state index in [1.807, 2.05) is 0 Å². The molecule has 0 bridgehead atoms. The number of benzene rings is 1. The van der Waals surface area contributed by atoms with E-state index < -0.39 is 23.7 Å². The summed E-state index contributed by atoms with van der Waals surface area (Å²) in [4.78, 5) is 27.2. The number of hydrogen-bond acceptors (Lipinski definition) is 7. The van der Waals surface area contributed by atoms with E-state index >= 15 is 0 Å². The van der Waals surface area contributed by atoms with Crippen LogP contribution in [0.25, 0.3) is 22.6 Å². The van der Waals surface area contributed by atoms with Gasteiger partial charge in [-0.2, -0.15) is 13.2 Å². The molecule has 3 heterocycles. The number of alkyl halides is 3. The van der Waals surface area contributed by atoms with Crippen LogP contribution in [0.4, 0.5) is 13.2 Å². The van der Waals surface area contributed by atoms with Crippen LogP contribution < -0.4 is 10.1 Å². The number of halogens is 4. The summed E-state index contributed by atoms with van der Waals surface area (Å²) in [5.41, 5.74) is 0.00435. The Morgan fingerprint density at radius 1 is 1.28 bits per heavy atom. The number of amides is 1. The Morgan fingerprint density at radius 2 is 2.06 bits per heavy atom. The van der Waals surface area contributed by atoms with Crippen LogP contribution in [-0.4, -0.2) is 38.1 Å². The average Bonchev–Trinajstić information content (AvgIpc) is 3.39. The molecule has 32 heavy (non-hydrogen) atoms. The maximum absolute atomic E-state index is 12.9. The van der Waals surface area contributed by atoms with E-state index in [-0.39, 0.29) is 33.7 Å². The topological polar surface area (TPSA) is 119 Å². The summed E-state index contributed by atoms with van der Waals surface area (Å²) >= 11 is 6.07. The van der Waals surface area contributed by atoms with Gasteiger partial charge in [-0.1, -0.05) is 16.8 Å². The first-order valence-corrected chi connectivity index (χ1v) is 9.44. The molecule has 0 aliphatic heterocycles. The van der Waals surface area contributed by atoms with Gasteiger partial charge >= 0.3 is 6.18 Å². The maximum Gasteiger partial charge on any atom is 0.416 e. The Bertz CT molecular complexity index is 1300. The van der Waals surface area contributed by atoms with E-state index in [1.165, 1.54) is 19.2 Å². The number of aromatic nitrogens is 5. The fraction of sp³-hybridized carbons (Fsp3) is 0.211. The smallest absolute Gasteiger partial charge is 0.416 e. The minimum Gasteiger partial charge on any atom is -0.480 e. The van der Waals surface area contributed by atoms with E-state index in [9.17, 15) is 18.0 Å². The van der Waals surface area contributed by atoms with Crippen molar-refractivity contribution >= 4 is 28.5 Å². The average molecular weight is 467 g/mol. The SMILES string of the molecule is COc1ncnc(C(=O)NC(C)c2cc(-c3nc4ccc(C(F)(F)F)cc4[nH]3)on2)c1Cl. The quantitative estimate of drug-likeness (QED) is 0.453. The molecular formula is C19H14ClF3N6O3. The van der Waals surface area contributed by atoms with Gasteiger partial charge in [0, 0.05) is 6.07 Å². The summed E-state index contributed by atoms with van der Waals surface area (Å²) in [6, 6.07) is 4.07. The van der Waals surface area contributed by atoms with Crippen LogP contribution in [0.15, 0.2) is 35.1 Å². The molecule has 0 saturated heterocycles. The van der Waals surface area contributed by atoms with Gasteiger partial charge in [-0.15, -0.1) is 0 Å². The molecule has 1 amide bonds. The van der Waals surface area contributed by atoms with E-state index in [1.54, 1.807) is 6.92 Å². The first-order valence-electron chi connectivity index (χ1n) is 9.06. The number of methoxy groups -OCH3 is 1. The fourth-order valence-electron chi connectivity index (χ4n) is 2.90. The molecule has 1 unspecified atom stereocenters. The molecule has 3 aromatic heterocycles. The van der Waals surface area contributed by atoms with Gasteiger partial charge in [-0.05, 0) is 25.1 Å². The van der Waals surface area contributed by atoms with Gasteiger partial charge in [0.2, 0.25) is 11.6 Å². The number of ether oxygens (including phenoxy) is 1. The van der Waals surface area contributed by atoms with Crippen molar-refractivity contribution in [1.82, 2.24) is 30.4 Å². The second kappa shape index (κ2) is 8.11. The number of carbonyl (C=O) groups excluding carboxylic acids is 1. The molecule has 4 aromatic rings.